The molecule has 98 valence electrons. The molecule has 0 aromatic heterocycles. The van der Waals surface area contributed by atoms with Crippen molar-refractivity contribution in [3.8, 4) is 5.75 Å². The molecule has 0 heterocycles. The number of benzene rings is 1. The minimum absolute atomic E-state index is 0.0721. The molecule has 0 amide bonds. The van der Waals surface area contributed by atoms with Crippen LogP contribution in [0.25, 0.3) is 0 Å². The first kappa shape index (κ1) is 12.9. The number of hydrogen-bond donors (Lipinski definition) is 2. The Kier molecular flexibility index (Phi) is 3.90. The van der Waals surface area contributed by atoms with Crippen LogP contribution in [0, 0.1) is 17.2 Å². The van der Waals surface area contributed by atoms with Gasteiger partial charge in [-0.15, -0.1) is 0 Å². The lowest BCUT2D eigenvalue weighted by Gasteiger charge is -2.32. The van der Waals surface area contributed by atoms with Crippen LogP contribution in [-0.2, 0) is 0 Å². The zero-order valence-corrected chi connectivity index (χ0v) is 11.1. The third-order valence-corrected chi connectivity index (χ3v) is 4.02. The van der Waals surface area contributed by atoms with Gasteiger partial charge in [0.1, 0.15) is 11.6 Å². The third kappa shape index (κ3) is 2.84. The van der Waals surface area contributed by atoms with Gasteiger partial charge in [0.15, 0.2) is 0 Å². The highest BCUT2D eigenvalue weighted by atomic mass is 16.5. The van der Waals surface area contributed by atoms with Crippen LogP contribution >= 0.6 is 0 Å². The minimum atomic E-state index is 0.0721. The fourth-order valence-corrected chi connectivity index (χ4v) is 2.58. The molecule has 3 N–H and O–H groups in total. The van der Waals surface area contributed by atoms with E-state index in [0.29, 0.717) is 11.5 Å². The lowest BCUT2D eigenvalue weighted by atomic mass is 9.80. The van der Waals surface area contributed by atoms with Gasteiger partial charge in [-0.1, -0.05) is 26.0 Å². The summed E-state index contributed by atoms with van der Waals surface area (Å²) in [5.41, 5.74) is 6.27. The molecule has 0 aliphatic heterocycles. The van der Waals surface area contributed by atoms with Crippen molar-refractivity contribution in [1.82, 2.24) is 0 Å². The topological polar surface area (TPSA) is 59.1 Å². The summed E-state index contributed by atoms with van der Waals surface area (Å²) in [6.45, 7) is 4.60. The zero-order chi connectivity index (χ0) is 13.1. The Morgan fingerprint density at radius 2 is 1.94 bits per heavy atom. The summed E-state index contributed by atoms with van der Waals surface area (Å²) in [7, 11) is 0. The summed E-state index contributed by atoms with van der Waals surface area (Å²) in [6.07, 6.45) is 3.66. The van der Waals surface area contributed by atoms with Gasteiger partial charge in [0.2, 0.25) is 0 Å². The Balaban J connectivity index is 2.08. The second kappa shape index (κ2) is 5.42. The van der Waals surface area contributed by atoms with Gasteiger partial charge < -0.3 is 10.5 Å². The molecule has 0 spiro atoms. The van der Waals surface area contributed by atoms with E-state index < -0.39 is 0 Å². The van der Waals surface area contributed by atoms with Crippen LogP contribution in [0.4, 0.5) is 0 Å². The highest BCUT2D eigenvalue weighted by Crippen LogP contribution is 2.32. The number of para-hydroxylation sites is 1. The maximum Gasteiger partial charge on any atom is 0.130 e. The van der Waals surface area contributed by atoms with Crippen LogP contribution in [0.3, 0.4) is 0 Å². The molecule has 1 aromatic carbocycles. The first-order valence-corrected chi connectivity index (χ1v) is 6.68. The molecule has 0 bridgehead atoms. The quantitative estimate of drug-likeness (QED) is 0.635. The van der Waals surface area contributed by atoms with Crippen LogP contribution in [0.5, 0.6) is 5.75 Å². The molecule has 1 fully saturated rings. The van der Waals surface area contributed by atoms with Crippen LogP contribution in [0.15, 0.2) is 24.3 Å². The first-order valence-electron chi connectivity index (χ1n) is 6.68. The number of nitrogens with two attached hydrogens (primary N) is 1. The van der Waals surface area contributed by atoms with E-state index in [-0.39, 0.29) is 11.9 Å². The zero-order valence-electron chi connectivity index (χ0n) is 11.1. The third-order valence-electron chi connectivity index (χ3n) is 4.02. The van der Waals surface area contributed by atoms with E-state index in [4.69, 9.17) is 15.9 Å². The molecule has 3 heteroatoms. The fraction of sp³-hybridized carbons (Fsp3) is 0.533. The van der Waals surface area contributed by atoms with E-state index in [1.165, 1.54) is 6.42 Å². The Bertz CT molecular complexity index is 430. The predicted molar refractivity (Wildman–Crippen MR) is 74.1 cm³/mol. The summed E-state index contributed by atoms with van der Waals surface area (Å²) in [5, 5.41) is 7.56. The second-order valence-corrected chi connectivity index (χ2v) is 5.42. The maximum atomic E-state index is 7.56. The summed E-state index contributed by atoms with van der Waals surface area (Å²) in [4.78, 5) is 0. The van der Waals surface area contributed by atoms with Crippen molar-refractivity contribution in [2.24, 2.45) is 17.6 Å². The highest BCUT2D eigenvalue weighted by Gasteiger charge is 2.26. The molecule has 0 radical (unpaired) electrons. The average Bonchev–Trinajstić information content (AvgIpc) is 2.34. The largest absolute Gasteiger partial charge is 0.490 e. The first-order chi connectivity index (χ1) is 8.58. The second-order valence-electron chi connectivity index (χ2n) is 5.42. The number of amidine groups is 1. The van der Waals surface area contributed by atoms with Gasteiger partial charge in [-0.2, -0.15) is 0 Å². The molecule has 1 aromatic rings. The van der Waals surface area contributed by atoms with Gasteiger partial charge in [-0.3, -0.25) is 5.41 Å². The minimum Gasteiger partial charge on any atom is -0.490 e. The molecule has 1 saturated carbocycles. The van der Waals surface area contributed by atoms with Crippen molar-refractivity contribution in [3.05, 3.63) is 29.8 Å². The molecular weight excluding hydrogens is 224 g/mol. The smallest absolute Gasteiger partial charge is 0.130 e. The standard InChI is InChI=1S/C15H22N2O/c1-10-7-8-12(9-11(10)2)18-14-6-4-3-5-13(14)15(16)17/h3-6,10-12H,7-9H2,1-2H3,(H3,16,17). The fourth-order valence-electron chi connectivity index (χ4n) is 2.58. The van der Waals surface area contributed by atoms with Gasteiger partial charge >= 0.3 is 0 Å². The Labute approximate surface area is 109 Å². The molecule has 1 aliphatic carbocycles. The van der Waals surface area contributed by atoms with E-state index in [1.54, 1.807) is 0 Å². The van der Waals surface area contributed by atoms with Crippen molar-refractivity contribution < 1.29 is 4.74 Å². The number of rotatable bonds is 3. The molecule has 3 nitrogen and oxygen atoms in total. The van der Waals surface area contributed by atoms with Gasteiger partial charge in [0.05, 0.1) is 11.7 Å². The molecule has 1 aliphatic rings. The van der Waals surface area contributed by atoms with Gasteiger partial charge in [-0.25, -0.2) is 0 Å². The summed E-state index contributed by atoms with van der Waals surface area (Å²) in [6, 6.07) is 7.55. The Morgan fingerprint density at radius 1 is 1.22 bits per heavy atom. The normalized spacial score (nSPS) is 27.8. The van der Waals surface area contributed by atoms with Gasteiger partial charge in [-0.05, 0) is 43.2 Å². The van der Waals surface area contributed by atoms with Crippen LogP contribution < -0.4 is 10.5 Å². The van der Waals surface area contributed by atoms with Gasteiger partial charge in [0.25, 0.3) is 0 Å². The maximum absolute atomic E-state index is 7.56. The molecular formula is C15H22N2O. The number of nitrogen functional groups attached to an aromatic ring is 1. The number of ether oxygens (including phenoxy) is 1. The molecule has 3 atom stereocenters. The van der Waals surface area contributed by atoms with Crippen molar-refractivity contribution >= 4 is 5.84 Å². The van der Waals surface area contributed by atoms with E-state index in [1.807, 2.05) is 24.3 Å². The van der Waals surface area contributed by atoms with Crippen LogP contribution in [-0.4, -0.2) is 11.9 Å². The van der Waals surface area contributed by atoms with Crippen LogP contribution in [0.2, 0.25) is 0 Å². The van der Waals surface area contributed by atoms with Gasteiger partial charge in [0, 0.05) is 0 Å². The molecule has 0 saturated heterocycles. The van der Waals surface area contributed by atoms with E-state index in [0.717, 1.165) is 24.5 Å². The lowest BCUT2D eigenvalue weighted by Crippen LogP contribution is -2.29. The lowest BCUT2D eigenvalue weighted by molar-refractivity contribution is 0.100. The van der Waals surface area contributed by atoms with Crippen LogP contribution in [0.1, 0.15) is 38.7 Å². The Morgan fingerprint density at radius 3 is 2.61 bits per heavy atom. The van der Waals surface area contributed by atoms with Crippen molar-refractivity contribution in [1.29, 1.82) is 5.41 Å². The molecule has 3 unspecified atom stereocenters. The predicted octanol–water partition coefficient (Wildman–Crippen LogP) is 3.17. The van der Waals surface area contributed by atoms with Crippen molar-refractivity contribution in [2.45, 2.75) is 39.2 Å². The van der Waals surface area contributed by atoms with Crippen molar-refractivity contribution in [3.63, 3.8) is 0 Å². The molecule has 2 rings (SSSR count). The number of hydrogen-bond acceptors (Lipinski definition) is 2. The molecule has 18 heavy (non-hydrogen) atoms. The number of nitrogens with one attached hydrogen (secondary N) is 1. The van der Waals surface area contributed by atoms with Crippen molar-refractivity contribution in [2.75, 3.05) is 0 Å². The highest BCUT2D eigenvalue weighted by molar-refractivity contribution is 5.97. The van der Waals surface area contributed by atoms with E-state index in [2.05, 4.69) is 13.8 Å². The monoisotopic (exact) mass is 246 g/mol. The van der Waals surface area contributed by atoms with E-state index in [9.17, 15) is 0 Å². The Hall–Kier alpha value is -1.51. The summed E-state index contributed by atoms with van der Waals surface area (Å²) >= 11 is 0. The SMILES string of the molecule is CC1CCC(Oc2ccccc2C(=N)N)CC1C. The average molecular weight is 246 g/mol. The van der Waals surface area contributed by atoms with E-state index >= 15 is 0 Å². The summed E-state index contributed by atoms with van der Waals surface area (Å²) in [5.74, 6) is 2.31. The summed E-state index contributed by atoms with van der Waals surface area (Å²) < 4.78 is 6.05.